The molecule has 0 heterocycles. The maximum atomic E-state index is 9.00. The predicted octanol–water partition coefficient (Wildman–Crippen LogP) is 1.63. The third-order valence-corrected chi connectivity index (χ3v) is 0. The van der Waals surface area contributed by atoms with Crippen LogP contribution in [0.1, 0.15) is 13.8 Å². The standard InChI is InChI=1S/2C2H4O2.C2H4.CH3NS2.3H3N/c2*1-2(3)4;1-2;2-1(3)4;;;/h2*1H3,(H,3,4);1-2H2;(H3,2,3,4);3*1H3. The molecule has 17 heavy (non-hydrogen) atoms. The fourth-order valence-electron chi connectivity index (χ4n) is 0. The summed E-state index contributed by atoms with van der Waals surface area (Å²) < 4.78 is 0.194. The molecule has 0 amide bonds. The Morgan fingerprint density at radius 1 is 1.06 bits per heavy atom. The summed E-state index contributed by atoms with van der Waals surface area (Å²) in [7, 11) is 0. The van der Waals surface area contributed by atoms with Crippen LogP contribution in [0, 0.1) is 0 Å². The van der Waals surface area contributed by atoms with Gasteiger partial charge in [0.2, 0.25) is 0 Å². The average Bonchev–Trinajstić information content (AvgIpc) is 1.86. The van der Waals surface area contributed by atoms with Gasteiger partial charge >= 0.3 is 0 Å². The zero-order chi connectivity index (χ0) is 12.7. The molecule has 0 aliphatic carbocycles. The van der Waals surface area contributed by atoms with E-state index in [1.165, 1.54) is 0 Å². The maximum Gasteiger partial charge on any atom is 0.300 e. The Labute approximate surface area is 112 Å². The van der Waals surface area contributed by atoms with Crippen molar-refractivity contribution < 1.29 is 19.8 Å². The first-order valence-corrected chi connectivity index (χ1v) is 3.93. The predicted molar refractivity (Wildman–Crippen MR) is 78.7 cm³/mol. The van der Waals surface area contributed by atoms with Crippen LogP contribution in [-0.4, -0.2) is 26.5 Å². The van der Waals surface area contributed by atoms with Crippen LogP contribution in [0.4, 0.5) is 0 Å². The summed E-state index contributed by atoms with van der Waals surface area (Å²) in [6, 6.07) is 0. The van der Waals surface area contributed by atoms with Gasteiger partial charge in [-0.1, -0.05) is 12.2 Å². The molecule has 0 aromatic rings. The lowest BCUT2D eigenvalue weighted by Gasteiger charge is -1.64. The van der Waals surface area contributed by atoms with Crippen molar-refractivity contribution in [1.82, 2.24) is 18.5 Å². The quantitative estimate of drug-likeness (QED) is 0.196. The van der Waals surface area contributed by atoms with E-state index < -0.39 is 11.9 Å². The van der Waals surface area contributed by atoms with Crippen LogP contribution in [0.15, 0.2) is 13.2 Å². The molecule has 0 rings (SSSR count). The monoisotopic (exact) mass is 292 g/mol. The highest BCUT2D eigenvalue weighted by molar-refractivity contribution is 8.10. The lowest BCUT2D eigenvalue weighted by molar-refractivity contribution is -0.135. The van der Waals surface area contributed by atoms with Crippen molar-refractivity contribution in [3.05, 3.63) is 13.2 Å². The van der Waals surface area contributed by atoms with Gasteiger partial charge in [0.05, 0.1) is 0 Å². The summed E-state index contributed by atoms with van der Waals surface area (Å²) in [5, 5.41) is 14.8. The number of aliphatic carboxylic acids is 2. The van der Waals surface area contributed by atoms with Gasteiger partial charge in [-0.3, -0.25) is 9.59 Å². The fraction of sp³-hybridized carbons (Fsp3) is 0.286. The van der Waals surface area contributed by atoms with Crippen LogP contribution in [0.2, 0.25) is 0 Å². The van der Waals surface area contributed by atoms with Gasteiger partial charge in [-0.05, 0) is 0 Å². The number of carbonyl (C=O) groups is 2. The third kappa shape index (κ3) is 1680. The molecule has 0 aromatic heterocycles. The van der Waals surface area contributed by atoms with Crippen molar-refractivity contribution >= 4 is 41.1 Å². The van der Waals surface area contributed by atoms with Crippen LogP contribution in [0.25, 0.3) is 0 Å². The first-order chi connectivity index (χ1) is 6.20. The molecule has 0 aliphatic rings. The van der Waals surface area contributed by atoms with E-state index in [2.05, 4.69) is 38.0 Å². The highest BCUT2D eigenvalue weighted by Crippen LogP contribution is 1.63. The molecule has 0 aliphatic heterocycles. The highest BCUT2D eigenvalue weighted by Gasteiger charge is 1.65. The van der Waals surface area contributed by atoms with Crippen molar-refractivity contribution in [1.29, 1.82) is 0 Å². The molecule has 0 saturated carbocycles. The number of nitrogens with two attached hydrogens (primary N) is 1. The molecule has 8 nitrogen and oxygen atoms in total. The molecule has 0 fully saturated rings. The molecule has 0 bridgehead atoms. The summed E-state index contributed by atoms with van der Waals surface area (Å²) in [4.78, 5) is 18.0. The number of rotatable bonds is 0. The molecular weight excluding hydrogens is 268 g/mol. The number of carboxylic acid groups (broad SMARTS) is 2. The molecule has 0 aromatic carbocycles. The van der Waals surface area contributed by atoms with E-state index in [4.69, 9.17) is 25.5 Å². The van der Waals surface area contributed by atoms with E-state index in [0.29, 0.717) is 0 Å². The first kappa shape index (κ1) is 44.7. The summed E-state index contributed by atoms with van der Waals surface area (Å²) >= 11 is 7.65. The number of thiocarbonyl (C=S) groups is 1. The smallest absolute Gasteiger partial charge is 0.300 e. The SMILES string of the molecule is C=C.CC(=O)O.CC(=O)O.N.N.N.NC(=S)S. The molecule has 10 heteroatoms. The van der Waals surface area contributed by atoms with E-state index in [9.17, 15) is 0 Å². The minimum absolute atomic E-state index is 0. The first-order valence-electron chi connectivity index (χ1n) is 3.07. The normalized spacial score (nSPS) is 4.65. The second-order valence-electron chi connectivity index (χ2n) is 1.38. The summed E-state index contributed by atoms with van der Waals surface area (Å²) in [6.07, 6.45) is 0. The number of hydrogen-bond acceptors (Lipinski definition) is 6. The van der Waals surface area contributed by atoms with Gasteiger partial charge in [-0.2, -0.15) is 0 Å². The van der Waals surface area contributed by atoms with Crippen LogP contribution >= 0.6 is 24.8 Å². The second kappa shape index (κ2) is 46.3. The topological polar surface area (TPSA) is 206 Å². The van der Waals surface area contributed by atoms with Crippen LogP contribution in [0.5, 0.6) is 0 Å². The largest absolute Gasteiger partial charge is 0.481 e. The number of carboxylic acids is 2. The van der Waals surface area contributed by atoms with Crippen LogP contribution < -0.4 is 24.2 Å². The lowest BCUT2D eigenvalue weighted by atomic mass is 10.9. The summed E-state index contributed by atoms with van der Waals surface area (Å²) in [5.74, 6) is -1.67. The molecule has 13 N–H and O–H groups in total. The Morgan fingerprint density at radius 2 is 1.06 bits per heavy atom. The van der Waals surface area contributed by atoms with Crippen LogP contribution in [-0.2, 0) is 9.59 Å². The van der Waals surface area contributed by atoms with Gasteiger partial charge in [-0.25, -0.2) is 0 Å². The number of thiol groups is 1. The molecule has 0 saturated heterocycles. The molecule has 0 radical (unpaired) electrons. The molecule has 0 spiro atoms. The van der Waals surface area contributed by atoms with Gasteiger partial charge in [0, 0.05) is 13.8 Å². The Morgan fingerprint density at radius 3 is 1.06 bits per heavy atom. The van der Waals surface area contributed by atoms with Gasteiger partial charge in [0.15, 0.2) is 0 Å². The Kier molecular flexibility index (Phi) is 122. The van der Waals surface area contributed by atoms with E-state index in [-0.39, 0.29) is 22.8 Å². The van der Waals surface area contributed by atoms with Gasteiger partial charge in [0.25, 0.3) is 11.9 Å². The fourth-order valence-corrected chi connectivity index (χ4v) is 0. The third-order valence-electron chi connectivity index (χ3n) is 0. The van der Waals surface area contributed by atoms with E-state index in [0.717, 1.165) is 13.8 Å². The van der Waals surface area contributed by atoms with Crippen molar-refractivity contribution in [2.75, 3.05) is 0 Å². The zero-order valence-electron chi connectivity index (χ0n) is 10.2. The summed E-state index contributed by atoms with van der Waals surface area (Å²) in [6.45, 7) is 8.17. The van der Waals surface area contributed by atoms with Gasteiger partial charge in [-0.15, -0.1) is 25.8 Å². The second-order valence-corrected chi connectivity index (χ2v) is 2.60. The van der Waals surface area contributed by atoms with Crippen molar-refractivity contribution in [3.63, 3.8) is 0 Å². The minimum atomic E-state index is -0.833. The average molecular weight is 292 g/mol. The molecule has 0 unspecified atom stereocenters. The zero-order valence-corrected chi connectivity index (χ0v) is 11.9. The summed E-state index contributed by atoms with van der Waals surface area (Å²) in [5.41, 5.74) is 4.71. The maximum absolute atomic E-state index is 9.00. The van der Waals surface area contributed by atoms with Crippen molar-refractivity contribution in [2.45, 2.75) is 13.8 Å². The highest BCUT2D eigenvalue weighted by atomic mass is 32.1. The Balaban J connectivity index is -0.0000000152. The van der Waals surface area contributed by atoms with Gasteiger partial charge in [0.1, 0.15) is 4.32 Å². The van der Waals surface area contributed by atoms with E-state index in [1.54, 1.807) is 0 Å². The Hall–Kier alpha value is -1.20. The van der Waals surface area contributed by atoms with Crippen molar-refractivity contribution in [3.8, 4) is 0 Å². The molecule has 0 atom stereocenters. The molecule has 108 valence electrons. The molecular formula is C7H24N4O4S2. The van der Waals surface area contributed by atoms with Gasteiger partial charge < -0.3 is 34.4 Å². The lowest BCUT2D eigenvalue weighted by Crippen LogP contribution is -1.94. The number of hydrogen-bond donors (Lipinski definition) is 7. The Bertz CT molecular complexity index is 141. The van der Waals surface area contributed by atoms with Crippen molar-refractivity contribution in [2.24, 2.45) is 5.73 Å². The van der Waals surface area contributed by atoms with E-state index >= 15 is 0 Å². The van der Waals surface area contributed by atoms with E-state index in [1.807, 2.05) is 0 Å². The minimum Gasteiger partial charge on any atom is -0.481 e. The van der Waals surface area contributed by atoms with Crippen LogP contribution in [0.3, 0.4) is 0 Å².